The van der Waals surface area contributed by atoms with E-state index in [0.717, 1.165) is 33.3 Å². The van der Waals surface area contributed by atoms with Gasteiger partial charge in [0, 0.05) is 11.6 Å². The van der Waals surface area contributed by atoms with Crippen LogP contribution in [-0.4, -0.2) is 17.2 Å². The third-order valence-electron chi connectivity index (χ3n) is 3.71. The van der Waals surface area contributed by atoms with Gasteiger partial charge in [0.1, 0.15) is 11.9 Å². The minimum absolute atomic E-state index is 0.678. The van der Waals surface area contributed by atoms with E-state index in [0.29, 0.717) is 0 Å². The van der Waals surface area contributed by atoms with Crippen LogP contribution in [0.5, 0.6) is 5.75 Å². The average molecular weight is 279 g/mol. The first-order valence-electron chi connectivity index (χ1n) is 6.87. The largest absolute Gasteiger partial charge is 0.496 e. The maximum Gasteiger partial charge on any atom is 0.121 e. The van der Waals surface area contributed by atoms with Crippen LogP contribution in [0.25, 0.3) is 10.9 Å². The lowest BCUT2D eigenvalue weighted by Crippen LogP contribution is -2.02. The Morgan fingerprint density at radius 3 is 2.71 bits per heavy atom. The predicted molar refractivity (Wildman–Crippen MR) is 83.5 cm³/mol. The molecule has 0 aliphatic heterocycles. The van der Waals surface area contributed by atoms with Crippen molar-refractivity contribution in [2.45, 2.75) is 13.0 Å². The number of methoxy groups -OCH3 is 1. The van der Waals surface area contributed by atoms with Crippen molar-refractivity contribution >= 4 is 10.9 Å². The Hall–Kier alpha value is -2.39. The summed E-state index contributed by atoms with van der Waals surface area (Å²) in [6, 6.07) is 15.4. The molecule has 1 N–H and O–H groups in total. The molecule has 3 aromatic rings. The molecule has 3 rings (SSSR count). The van der Waals surface area contributed by atoms with Crippen molar-refractivity contribution in [2.75, 3.05) is 7.11 Å². The van der Waals surface area contributed by atoms with E-state index in [1.54, 1.807) is 13.3 Å². The minimum atomic E-state index is -0.678. The Morgan fingerprint density at radius 2 is 1.95 bits per heavy atom. The van der Waals surface area contributed by atoms with Gasteiger partial charge in [-0.05, 0) is 47.9 Å². The number of ether oxygens (including phenoxy) is 1. The molecule has 0 fully saturated rings. The molecular formula is C18H17NO2. The van der Waals surface area contributed by atoms with Gasteiger partial charge in [-0.1, -0.05) is 24.3 Å². The molecule has 0 radical (unpaired) electrons. The summed E-state index contributed by atoms with van der Waals surface area (Å²) in [6.07, 6.45) is 1.08. The molecule has 0 amide bonds. The van der Waals surface area contributed by atoms with E-state index >= 15 is 0 Å². The second kappa shape index (κ2) is 5.54. The molecule has 21 heavy (non-hydrogen) atoms. The summed E-state index contributed by atoms with van der Waals surface area (Å²) in [7, 11) is 1.65. The van der Waals surface area contributed by atoms with Gasteiger partial charge in [0.25, 0.3) is 0 Å². The van der Waals surface area contributed by atoms with Gasteiger partial charge in [-0.2, -0.15) is 0 Å². The zero-order chi connectivity index (χ0) is 14.8. The summed E-state index contributed by atoms with van der Waals surface area (Å²) in [5.41, 5.74) is 3.61. The SMILES string of the molecule is COc1ccc(C(O)c2cccc3ncccc23)cc1C. The molecule has 0 saturated heterocycles. The Bertz CT molecular complexity index is 778. The van der Waals surface area contributed by atoms with Crippen molar-refractivity contribution in [1.29, 1.82) is 0 Å². The van der Waals surface area contributed by atoms with Crippen molar-refractivity contribution in [3.63, 3.8) is 0 Å². The molecule has 0 saturated carbocycles. The predicted octanol–water partition coefficient (Wildman–Crippen LogP) is 3.63. The first-order chi connectivity index (χ1) is 10.2. The highest BCUT2D eigenvalue weighted by molar-refractivity contribution is 5.82. The van der Waals surface area contributed by atoms with E-state index in [-0.39, 0.29) is 0 Å². The van der Waals surface area contributed by atoms with Gasteiger partial charge in [-0.25, -0.2) is 0 Å². The molecule has 1 aromatic heterocycles. The fourth-order valence-electron chi connectivity index (χ4n) is 2.62. The zero-order valence-electron chi connectivity index (χ0n) is 12.1. The molecule has 0 spiro atoms. The van der Waals surface area contributed by atoms with E-state index in [1.807, 2.05) is 55.5 Å². The zero-order valence-corrected chi connectivity index (χ0v) is 12.1. The lowest BCUT2D eigenvalue weighted by Gasteiger charge is -2.15. The number of aromatic nitrogens is 1. The quantitative estimate of drug-likeness (QED) is 0.796. The topological polar surface area (TPSA) is 42.4 Å². The molecule has 1 atom stereocenters. The van der Waals surface area contributed by atoms with E-state index < -0.39 is 6.10 Å². The summed E-state index contributed by atoms with van der Waals surface area (Å²) in [5, 5.41) is 11.7. The second-order valence-electron chi connectivity index (χ2n) is 5.05. The average Bonchev–Trinajstić information content (AvgIpc) is 2.53. The van der Waals surface area contributed by atoms with Crippen molar-refractivity contribution in [2.24, 2.45) is 0 Å². The summed E-state index contributed by atoms with van der Waals surface area (Å²) in [5.74, 6) is 0.825. The third-order valence-corrected chi connectivity index (χ3v) is 3.71. The molecule has 3 nitrogen and oxygen atoms in total. The number of benzene rings is 2. The highest BCUT2D eigenvalue weighted by Crippen LogP contribution is 2.30. The fraction of sp³-hybridized carbons (Fsp3) is 0.167. The number of aliphatic hydroxyl groups is 1. The van der Waals surface area contributed by atoms with Crippen LogP contribution >= 0.6 is 0 Å². The highest BCUT2D eigenvalue weighted by Gasteiger charge is 2.14. The van der Waals surface area contributed by atoms with Crippen LogP contribution in [0.3, 0.4) is 0 Å². The van der Waals surface area contributed by atoms with Gasteiger partial charge in [-0.15, -0.1) is 0 Å². The molecule has 3 heteroatoms. The molecule has 1 heterocycles. The van der Waals surface area contributed by atoms with Crippen LogP contribution in [-0.2, 0) is 0 Å². The molecular weight excluding hydrogens is 262 g/mol. The summed E-state index contributed by atoms with van der Waals surface area (Å²) in [4.78, 5) is 4.33. The number of hydrogen-bond acceptors (Lipinski definition) is 3. The smallest absolute Gasteiger partial charge is 0.121 e. The van der Waals surface area contributed by atoms with Crippen LogP contribution in [0.1, 0.15) is 22.8 Å². The molecule has 0 aliphatic rings. The molecule has 106 valence electrons. The van der Waals surface area contributed by atoms with Gasteiger partial charge in [0.05, 0.1) is 12.6 Å². The third kappa shape index (κ3) is 2.48. The Kier molecular flexibility index (Phi) is 3.59. The maximum absolute atomic E-state index is 10.7. The Balaban J connectivity index is 2.08. The van der Waals surface area contributed by atoms with Crippen molar-refractivity contribution in [3.8, 4) is 5.75 Å². The maximum atomic E-state index is 10.7. The molecule has 0 aliphatic carbocycles. The van der Waals surface area contributed by atoms with E-state index in [2.05, 4.69) is 4.98 Å². The Morgan fingerprint density at radius 1 is 1.10 bits per heavy atom. The highest BCUT2D eigenvalue weighted by atomic mass is 16.5. The lowest BCUT2D eigenvalue weighted by atomic mass is 9.96. The fourth-order valence-corrected chi connectivity index (χ4v) is 2.62. The minimum Gasteiger partial charge on any atom is -0.496 e. The van der Waals surface area contributed by atoms with E-state index in [4.69, 9.17) is 4.74 Å². The first kappa shape index (κ1) is 13.6. The molecule has 1 unspecified atom stereocenters. The van der Waals surface area contributed by atoms with Crippen LogP contribution in [0.15, 0.2) is 54.7 Å². The van der Waals surface area contributed by atoms with Gasteiger partial charge >= 0.3 is 0 Å². The van der Waals surface area contributed by atoms with Crippen LogP contribution in [0, 0.1) is 6.92 Å². The number of aliphatic hydroxyl groups excluding tert-OH is 1. The van der Waals surface area contributed by atoms with Gasteiger partial charge < -0.3 is 9.84 Å². The van der Waals surface area contributed by atoms with Crippen LogP contribution in [0.4, 0.5) is 0 Å². The number of rotatable bonds is 3. The number of nitrogens with zero attached hydrogens (tertiary/aromatic N) is 1. The van der Waals surface area contributed by atoms with Crippen molar-refractivity contribution in [3.05, 3.63) is 71.4 Å². The summed E-state index contributed by atoms with van der Waals surface area (Å²) < 4.78 is 5.26. The Labute approximate surface area is 123 Å². The van der Waals surface area contributed by atoms with E-state index in [9.17, 15) is 5.11 Å². The standard InChI is InChI=1S/C18H17NO2/c1-12-11-13(8-9-17(12)21-2)18(20)15-5-3-7-16-14(15)6-4-10-19-16/h3-11,18,20H,1-2H3. The summed E-state index contributed by atoms with van der Waals surface area (Å²) in [6.45, 7) is 1.97. The van der Waals surface area contributed by atoms with Crippen molar-refractivity contribution < 1.29 is 9.84 Å². The summed E-state index contributed by atoms with van der Waals surface area (Å²) >= 11 is 0. The van der Waals surface area contributed by atoms with Gasteiger partial charge in [0.2, 0.25) is 0 Å². The number of hydrogen-bond donors (Lipinski definition) is 1. The lowest BCUT2D eigenvalue weighted by molar-refractivity contribution is 0.221. The van der Waals surface area contributed by atoms with Gasteiger partial charge in [0.15, 0.2) is 0 Å². The van der Waals surface area contributed by atoms with Crippen molar-refractivity contribution in [1.82, 2.24) is 4.98 Å². The number of pyridine rings is 1. The second-order valence-corrected chi connectivity index (χ2v) is 5.05. The van der Waals surface area contributed by atoms with Gasteiger partial charge in [-0.3, -0.25) is 4.98 Å². The molecule has 2 aromatic carbocycles. The normalized spacial score (nSPS) is 12.3. The number of fused-ring (bicyclic) bond motifs is 1. The van der Waals surface area contributed by atoms with E-state index in [1.165, 1.54) is 0 Å². The molecule has 0 bridgehead atoms. The van der Waals surface area contributed by atoms with Crippen LogP contribution in [0.2, 0.25) is 0 Å². The monoisotopic (exact) mass is 279 g/mol. The first-order valence-corrected chi connectivity index (χ1v) is 6.87. The number of aryl methyl sites for hydroxylation is 1. The van der Waals surface area contributed by atoms with Crippen LogP contribution < -0.4 is 4.74 Å².